The van der Waals surface area contributed by atoms with Crippen molar-refractivity contribution < 1.29 is 17.9 Å². The Hall–Kier alpha value is -4.32. The quantitative estimate of drug-likeness (QED) is 0.363. The van der Waals surface area contributed by atoms with E-state index in [1.54, 1.807) is 24.3 Å². The minimum atomic E-state index is -1.66. The second kappa shape index (κ2) is 10.1. The fraction of sp³-hybridized carbons (Fsp3) is 0.130. The molecule has 2 heterocycles. The van der Waals surface area contributed by atoms with Crippen molar-refractivity contribution in [2.45, 2.75) is 13.1 Å². The van der Waals surface area contributed by atoms with Crippen molar-refractivity contribution in [2.24, 2.45) is 0 Å². The molecule has 186 valence electrons. The lowest BCUT2D eigenvalue weighted by atomic mass is 10.2. The van der Waals surface area contributed by atoms with Crippen LogP contribution >= 0.6 is 11.6 Å². The Balaban J connectivity index is 1.83. The molecule has 2 aromatic carbocycles. The topological polar surface area (TPSA) is 111 Å². The third-order valence-corrected chi connectivity index (χ3v) is 5.37. The van der Waals surface area contributed by atoms with Crippen LogP contribution in [0, 0.1) is 17.5 Å². The first kappa shape index (κ1) is 24.8. The molecule has 2 N–H and O–H groups in total. The molecule has 0 aliphatic carbocycles. The molecule has 0 aliphatic heterocycles. The molecule has 0 unspecified atom stereocenters. The first-order valence-corrected chi connectivity index (χ1v) is 10.7. The summed E-state index contributed by atoms with van der Waals surface area (Å²) in [5.41, 5.74) is -2.22. The number of benzene rings is 2. The van der Waals surface area contributed by atoms with E-state index in [1.807, 2.05) is 0 Å². The maximum absolute atomic E-state index is 13.8. The molecular formula is C23H17ClF3N5O4. The lowest BCUT2D eigenvalue weighted by molar-refractivity contribution is 0.415. The average Bonchev–Trinajstić information content (AvgIpc) is 2.85. The number of ether oxygens (including phenoxy) is 1. The molecule has 13 heteroatoms. The van der Waals surface area contributed by atoms with Gasteiger partial charge >= 0.3 is 11.4 Å². The van der Waals surface area contributed by atoms with Crippen LogP contribution in [0.15, 0.2) is 63.0 Å². The van der Waals surface area contributed by atoms with Crippen molar-refractivity contribution >= 4 is 23.2 Å². The number of H-pyrrole nitrogens is 1. The fourth-order valence-electron chi connectivity index (χ4n) is 3.38. The summed E-state index contributed by atoms with van der Waals surface area (Å²) in [4.78, 5) is 44.6. The van der Waals surface area contributed by atoms with Crippen LogP contribution in [0.4, 0.5) is 24.8 Å². The van der Waals surface area contributed by atoms with E-state index in [0.717, 1.165) is 16.7 Å². The van der Waals surface area contributed by atoms with Crippen LogP contribution in [0.25, 0.3) is 0 Å². The molecule has 0 saturated carbocycles. The molecule has 0 amide bonds. The summed E-state index contributed by atoms with van der Waals surface area (Å²) < 4.78 is 47.8. The molecule has 0 radical (unpaired) electrons. The van der Waals surface area contributed by atoms with E-state index >= 15 is 0 Å². The molecule has 4 aromatic rings. The van der Waals surface area contributed by atoms with Gasteiger partial charge in [0.15, 0.2) is 17.5 Å². The molecule has 0 saturated heterocycles. The van der Waals surface area contributed by atoms with E-state index in [2.05, 4.69) is 15.3 Å². The van der Waals surface area contributed by atoms with Gasteiger partial charge in [-0.15, -0.1) is 0 Å². The number of nitrogens with zero attached hydrogens (tertiary/aromatic N) is 3. The van der Waals surface area contributed by atoms with E-state index in [9.17, 15) is 27.6 Å². The van der Waals surface area contributed by atoms with Gasteiger partial charge in [0.25, 0.3) is 5.56 Å². The van der Waals surface area contributed by atoms with E-state index in [4.69, 9.17) is 16.3 Å². The highest BCUT2D eigenvalue weighted by Gasteiger charge is 2.18. The van der Waals surface area contributed by atoms with Gasteiger partial charge in [-0.05, 0) is 48.0 Å². The maximum Gasteiger partial charge on any atom is 0.355 e. The Labute approximate surface area is 205 Å². The van der Waals surface area contributed by atoms with Crippen molar-refractivity contribution in [1.82, 2.24) is 19.1 Å². The number of rotatable bonds is 7. The Bertz CT molecular complexity index is 1590. The van der Waals surface area contributed by atoms with E-state index < -0.39 is 47.5 Å². The Kier molecular flexibility index (Phi) is 6.97. The first-order valence-electron chi connectivity index (χ1n) is 10.3. The summed E-state index contributed by atoms with van der Waals surface area (Å²) in [6, 6.07) is 9.13. The zero-order valence-corrected chi connectivity index (χ0v) is 19.3. The van der Waals surface area contributed by atoms with Crippen LogP contribution in [-0.4, -0.2) is 26.2 Å². The monoisotopic (exact) mass is 519 g/mol. The zero-order chi connectivity index (χ0) is 26.0. The lowest BCUT2D eigenvalue weighted by Gasteiger charge is -2.16. The van der Waals surface area contributed by atoms with Crippen LogP contribution < -0.4 is 27.0 Å². The smallest absolute Gasteiger partial charge is 0.355 e. The molecule has 2 aromatic heterocycles. The molecule has 9 nitrogen and oxygen atoms in total. The number of hydrogen-bond donors (Lipinski definition) is 2. The number of nitrogens with one attached hydrogen (secondary N) is 2. The summed E-state index contributed by atoms with van der Waals surface area (Å²) in [6.45, 7) is -0.958. The SMILES string of the molecule is COc1ccc(Nc2nc(=O)n(Cc3cc(Cl)c[nH]c3=O)c(=O)n2Cc2cc(F)c(F)c(F)c2)cc1. The summed E-state index contributed by atoms with van der Waals surface area (Å²) in [5.74, 6) is -4.27. The number of aromatic amines is 1. The third kappa shape index (κ3) is 5.18. The number of pyridine rings is 1. The van der Waals surface area contributed by atoms with Crippen molar-refractivity contribution in [2.75, 3.05) is 12.4 Å². The second-order valence-electron chi connectivity index (χ2n) is 7.57. The standard InChI is InChI=1S/C23H17ClF3N5O4/c1-36-16-4-2-15(3-5-16)29-21-30-22(34)32(11-13-8-14(24)9-28-20(13)33)23(35)31(21)10-12-6-17(25)19(27)18(26)7-12/h2-9H,10-11H2,1H3,(H,28,33)(H,29,30,34). The largest absolute Gasteiger partial charge is 0.497 e. The van der Waals surface area contributed by atoms with Crippen molar-refractivity contribution in [3.05, 3.63) is 114 Å². The van der Waals surface area contributed by atoms with Crippen LogP contribution in [0.5, 0.6) is 5.75 Å². The third-order valence-electron chi connectivity index (χ3n) is 5.15. The molecule has 36 heavy (non-hydrogen) atoms. The molecule has 0 aliphatic rings. The highest BCUT2D eigenvalue weighted by molar-refractivity contribution is 6.30. The van der Waals surface area contributed by atoms with Gasteiger partial charge in [0, 0.05) is 17.4 Å². The number of hydrogen-bond acceptors (Lipinski definition) is 6. The average molecular weight is 520 g/mol. The normalized spacial score (nSPS) is 10.9. The van der Waals surface area contributed by atoms with E-state index in [1.165, 1.54) is 19.4 Å². The van der Waals surface area contributed by atoms with Gasteiger partial charge < -0.3 is 15.0 Å². The molecule has 0 atom stereocenters. The van der Waals surface area contributed by atoms with Crippen LogP contribution in [0.2, 0.25) is 5.02 Å². The van der Waals surface area contributed by atoms with Gasteiger partial charge in [-0.2, -0.15) is 4.98 Å². The molecular weight excluding hydrogens is 503 g/mol. The van der Waals surface area contributed by atoms with Crippen molar-refractivity contribution in [3.8, 4) is 5.75 Å². The Morgan fingerprint density at radius 3 is 2.31 bits per heavy atom. The minimum Gasteiger partial charge on any atom is -0.497 e. The fourth-order valence-corrected chi connectivity index (χ4v) is 3.56. The van der Waals surface area contributed by atoms with Gasteiger partial charge in [0.1, 0.15) is 5.75 Å². The predicted octanol–water partition coefficient (Wildman–Crippen LogP) is 3.01. The molecule has 0 fully saturated rings. The predicted molar refractivity (Wildman–Crippen MR) is 126 cm³/mol. The highest BCUT2D eigenvalue weighted by atomic mass is 35.5. The summed E-state index contributed by atoms with van der Waals surface area (Å²) >= 11 is 5.90. The van der Waals surface area contributed by atoms with Gasteiger partial charge in [-0.25, -0.2) is 27.3 Å². The van der Waals surface area contributed by atoms with Crippen molar-refractivity contribution in [3.63, 3.8) is 0 Å². The molecule has 0 bridgehead atoms. The molecule has 0 spiro atoms. The van der Waals surface area contributed by atoms with Gasteiger partial charge in [0.2, 0.25) is 5.95 Å². The number of aromatic nitrogens is 4. The van der Waals surface area contributed by atoms with Crippen molar-refractivity contribution in [1.29, 1.82) is 0 Å². The number of anilines is 2. The van der Waals surface area contributed by atoms with Crippen LogP contribution in [-0.2, 0) is 13.1 Å². The highest BCUT2D eigenvalue weighted by Crippen LogP contribution is 2.19. The van der Waals surface area contributed by atoms with Gasteiger partial charge in [0.05, 0.1) is 25.2 Å². The number of halogens is 4. The Morgan fingerprint density at radius 2 is 1.67 bits per heavy atom. The molecule has 4 rings (SSSR count). The second-order valence-corrected chi connectivity index (χ2v) is 8.01. The summed E-state index contributed by atoms with van der Waals surface area (Å²) in [6.07, 6.45) is 1.24. The first-order chi connectivity index (χ1) is 17.2. The summed E-state index contributed by atoms with van der Waals surface area (Å²) in [7, 11) is 1.48. The van der Waals surface area contributed by atoms with Gasteiger partial charge in [-0.3, -0.25) is 9.36 Å². The van der Waals surface area contributed by atoms with Crippen LogP contribution in [0.1, 0.15) is 11.1 Å². The zero-order valence-electron chi connectivity index (χ0n) is 18.5. The summed E-state index contributed by atoms with van der Waals surface area (Å²) in [5, 5.41) is 2.98. The van der Waals surface area contributed by atoms with E-state index in [0.29, 0.717) is 16.0 Å². The minimum absolute atomic E-state index is 0.00443. The Morgan fingerprint density at radius 1 is 1.00 bits per heavy atom. The van der Waals surface area contributed by atoms with Crippen LogP contribution in [0.3, 0.4) is 0 Å². The number of methoxy groups -OCH3 is 1. The lowest BCUT2D eigenvalue weighted by Crippen LogP contribution is -2.43. The maximum atomic E-state index is 13.8. The van der Waals surface area contributed by atoms with E-state index in [-0.39, 0.29) is 22.1 Å². The van der Waals surface area contributed by atoms with Gasteiger partial charge in [-0.1, -0.05) is 11.6 Å².